The van der Waals surface area contributed by atoms with Gasteiger partial charge in [0, 0.05) is 32.1 Å². The van der Waals surface area contributed by atoms with Crippen molar-refractivity contribution in [3.05, 3.63) is 0 Å². The number of nitrogens with one attached hydrogen (secondary N) is 1. The summed E-state index contributed by atoms with van der Waals surface area (Å²) < 4.78 is 0. The minimum atomic E-state index is -0.184. The van der Waals surface area contributed by atoms with E-state index in [0.29, 0.717) is 30.7 Å². The van der Waals surface area contributed by atoms with E-state index < -0.39 is 0 Å². The predicted octanol–water partition coefficient (Wildman–Crippen LogP) is 2.40. The molecule has 9 heteroatoms. The maximum Gasteiger partial charge on any atom is 0.242 e. The molecule has 8 nitrogen and oxygen atoms in total. The van der Waals surface area contributed by atoms with Crippen molar-refractivity contribution in [2.75, 3.05) is 43.0 Å². The van der Waals surface area contributed by atoms with E-state index in [2.05, 4.69) is 32.4 Å². The van der Waals surface area contributed by atoms with Gasteiger partial charge < -0.3 is 15.1 Å². The largest absolute Gasteiger partial charge is 0.354 e. The lowest BCUT2D eigenvalue weighted by atomic mass is 9.94. The number of amides is 2. The first-order chi connectivity index (χ1) is 14.6. The average Bonchev–Trinajstić information content (AvgIpc) is 3.51. The molecule has 0 radical (unpaired) electrons. The van der Waals surface area contributed by atoms with Crippen molar-refractivity contribution in [2.45, 2.75) is 76.3 Å². The Labute approximate surface area is 183 Å². The summed E-state index contributed by atoms with van der Waals surface area (Å²) in [7, 11) is 2.22. The van der Waals surface area contributed by atoms with Gasteiger partial charge in [-0.3, -0.25) is 14.5 Å². The Morgan fingerprint density at radius 2 is 1.90 bits per heavy atom. The molecule has 0 unspecified atom stereocenters. The van der Waals surface area contributed by atoms with Crippen molar-refractivity contribution in [1.82, 2.24) is 20.4 Å². The van der Waals surface area contributed by atoms with Crippen molar-refractivity contribution >= 4 is 33.4 Å². The van der Waals surface area contributed by atoms with Crippen molar-refractivity contribution in [1.29, 1.82) is 0 Å². The molecule has 0 aromatic carbocycles. The summed E-state index contributed by atoms with van der Waals surface area (Å²) in [6, 6.07) is 0.532. The lowest BCUT2D eigenvalue weighted by Gasteiger charge is -2.31. The molecule has 0 bridgehead atoms. The fraction of sp³-hybridized carbons (Fsp3) is 0.810. The molecular weight excluding hydrogens is 400 g/mol. The van der Waals surface area contributed by atoms with Gasteiger partial charge in [0.25, 0.3) is 0 Å². The number of hydrogen-bond donors (Lipinski definition) is 1. The lowest BCUT2D eigenvalue weighted by Crippen LogP contribution is -2.44. The number of carbonyl (C=O) groups is 2. The highest BCUT2D eigenvalue weighted by Crippen LogP contribution is 2.33. The summed E-state index contributed by atoms with van der Waals surface area (Å²) in [5.74, 6) is 0.202. The van der Waals surface area contributed by atoms with Crippen LogP contribution in [-0.2, 0) is 9.59 Å². The third-order valence-corrected chi connectivity index (χ3v) is 7.68. The molecule has 1 N–H and O–H groups in total. The molecule has 1 aromatic heterocycles. The first kappa shape index (κ1) is 21.5. The maximum atomic E-state index is 12.8. The van der Waals surface area contributed by atoms with E-state index in [4.69, 9.17) is 0 Å². The van der Waals surface area contributed by atoms with Gasteiger partial charge in [-0.15, -0.1) is 10.2 Å². The van der Waals surface area contributed by atoms with Crippen molar-refractivity contribution in [3.63, 3.8) is 0 Å². The number of hydrogen-bond acceptors (Lipinski definition) is 7. The van der Waals surface area contributed by atoms with Crippen LogP contribution in [-0.4, -0.2) is 72.2 Å². The highest BCUT2D eigenvalue weighted by Gasteiger charge is 2.34. The Hall–Kier alpha value is -1.74. The third-order valence-electron chi connectivity index (χ3n) is 6.69. The topological polar surface area (TPSA) is 81.7 Å². The van der Waals surface area contributed by atoms with E-state index in [1.165, 1.54) is 43.4 Å². The molecule has 166 valence electrons. The highest BCUT2D eigenvalue weighted by atomic mass is 32.1. The van der Waals surface area contributed by atoms with Crippen LogP contribution >= 0.6 is 11.3 Å². The molecule has 2 aliphatic heterocycles. The summed E-state index contributed by atoms with van der Waals surface area (Å²) in [6.07, 6.45) is 10.9. The Morgan fingerprint density at radius 1 is 1.10 bits per heavy atom. The molecule has 1 aromatic rings. The van der Waals surface area contributed by atoms with Gasteiger partial charge in [-0.05, 0) is 52.1 Å². The van der Waals surface area contributed by atoms with Crippen molar-refractivity contribution in [3.8, 4) is 0 Å². The number of nitrogens with zero attached hydrogens (tertiary/aromatic N) is 5. The van der Waals surface area contributed by atoms with E-state index in [-0.39, 0.29) is 17.9 Å². The summed E-state index contributed by atoms with van der Waals surface area (Å²) in [6.45, 7) is 3.27. The first-order valence-electron chi connectivity index (χ1n) is 11.5. The molecule has 3 aliphatic rings. The van der Waals surface area contributed by atoms with Crippen LogP contribution in [0.4, 0.5) is 10.3 Å². The fourth-order valence-electron chi connectivity index (χ4n) is 4.91. The molecule has 2 saturated heterocycles. The van der Waals surface area contributed by atoms with Crippen LogP contribution in [0.1, 0.15) is 64.2 Å². The van der Waals surface area contributed by atoms with Crippen LogP contribution in [0, 0.1) is 0 Å². The Kier molecular flexibility index (Phi) is 7.20. The van der Waals surface area contributed by atoms with Crippen molar-refractivity contribution in [2.24, 2.45) is 0 Å². The van der Waals surface area contributed by atoms with Gasteiger partial charge in [0.1, 0.15) is 6.04 Å². The zero-order valence-electron chi connectivity index (χ0n) is 18.0. The van der Waals surface area contributed by atoms with Crippen LogP contribution in [0.15, 0.2) is 0 Å². The van der Waals surface area contributed by atoms with Crippen LogP contribution < -0.4 is 15.1 Å². The van der Waals surface area contributed by atoms with E-state index >= 15 is 0 Å². The van der Waals surface area contributed by atoms with Crippen LogP contribution in [0.2, 0.25) is 0 Å². The minimum Gasteiger partial charge on any atom is -0.354 e. The Bertz CT molecular complexity index is 735. The zero-order valence-corrected chi connectivity index (χ0v) is 18.8. The number of aromatic nitrogens is 2. The van der Waals surface area contributed by atoms with Gasteiger partial charge >= 0.3 is 0 Å². The van der Waals surface area contributed by atoms with Gasteiger partial charge in [0.2, 0.25) is 22.1 Å². The second-order valence-corrected chi connectivity index (χ2v) is 9.72. The fourth-order valence-corrected chi connectivity index (χ4v) is 5.88. The van der Waals surface area contributed by atoms with E-state index in [9.17, 15) is 9.59 Å². The van der Waals surface area contributed by atoms with E-state index in [1.807, 2.05) is 0 Å². The van der Waals surface area contributed by atoms with Crippen LogP contribution in [0.25, 0.3) is 0 Å². The SMILES string of the molecule is CN(CCCNC(=O)[C@@H]1CCCN1c1nnc(N2CCCC2=O)s1)C1CCCCC1. The summed E-state index contributed by atoms with van der Waals surface area (Å²) in [5.41, 5.74) is 0. The van der Waals surface area contributed by atoms with Gasteiger partial charge in [-0.25, -0.2) is 0 Å². The minimum absolute atomic E-state index is 0.0850. The highest BCUT2D eigenvalue weighted by molar-refractivity contribution is 7.19. The maximum absolute atomic E-state index is 12.8. The third kappa shape index (κ3) is 4.94. The molecular formula is C21H34N6O2S. The molecule has 3 heterocycles. The van der Waals surface area contributed by atoms with Crippen LogP contribution in [0.5, 0.6) is 0 Å². The van der Waals surface area contributed by atoms with E-state index in [1.54, 1.807) is 4.90 Å². The number of anilines is 2. The molecule has 1 saturated carbocycles. The molecule has 30 heavy (non-hydrogen) atoms. The summed E-state index contributed by atoms with van der Waals surface area (Å²) >= 11 is 1.42. The zero-order chi connectivity index (χ0) is 20.9. The second-order valence-electron chi connectivity index (χ2n) is 8.78. The molecule has 4 rings (SSSR count). The summed E-state index contributed by atoms with van der Waals surface area (Å²) in [5, 5.41) is 13.1. The molecule has 1 atom stereocenters. The lowest BCUT2D eigenvalue weighted by molar-refractivity contribution is -0.122. The summed E-state index contributed by atoms with van der Waals surface area (Å²) in [4.78, 5) is 31.0. The van der Waals surface area contributed by atoms with Gasteiger partial charge in [-0.1, -0.05) is 30.6 Å². The molecule has 2 amide bonds. The van der Waals surface area contributed by atoms with Crippen molar-refractivity contribution < 1.29 is 9.59 Å². The monoisotopic (exact) mass is 434 g/mol. The van der Waals surface area contributed by atoms with Gasteiger partial charge in [-0.2, -0.15) is 0 Å². The Balaban J connectivity index is 1.24. The Morgan fingerprint density at radius 3 is 2.67 bits per heavy atom. The van der Waals surface area contributed by atoms with Crippen LogP contribution in [0.3, 0.4) is 0 Å². The number of rotatable bonds is 8. The smallest absolute Gasteiger partial charge is 0.242 e. The molecule has 0 spiro atoms. The molecule has 1 aliphatic carbocycles. The van der Waals surface area contributed by atoms with E-state index in [0.717, 1.165) is 43.9 Å². The van der Waals surface area contributed by atoms with Gasteiger partial charge in [0.15, 0.2) is 0 Å². The average molecular weight is 435 g/mol. The predicted molar refractivity (Wildman–Crippen MR) is 119 cm³/mol. The first-order valence-corrected chi connectivity index (χ1v) is 12.3. The standard InChI is InChI=1S/C21H34N6O2S/c1-25(16-8-3-2-4-9-16)13-7-12-22-19(29)17-10-5-14-26(17)20-23-24-21(30-20)27-15-6-11-18(27)28/h16-17H,2-15H2,1H3,(H,22,29)/t17-/m0/s1. The molecule has 3 fully saturated rings. The second kappa shape index (κ2) is 10.0. The normalized spacial score (nSPS) is 23.0. The quantitative estimate of drug-likeness (QED) is 0.633. The van der Waals surface area contributed by atoms with Gasteiger partial charge in [0.05, 0.1) is 0 Å². The number of carbonyl (C=O) groups excluding carboxylic acids is 2.